The number of benzene rings is 2. The van der Waals surface area contributed by atoms with Crippen LogP contribution in [0.4, 0.5) is 5.69 Å². The largest absolute Gasteiger partial charge is 0.389 e. The van der Waals surface area contributed by atoms with Crippen molar-refractivity contribution in [3.63, 3.8) is 0 Å². The molecule has 0 radical (unpaired) electrons. The molecule has 0 aliphatic carbocycles. The Morgan fingerprint density at radius 3 is 2.10 bits per heavy atom. The van der Waals surface area contributed by atoms with E-state index in [0.29, 0.717) is 20.7 Å². The Morgan fingerprint density at radius 2 is 1.62 bits per heavy atom. The first-order chi connectivity index (χ1) is 9.91. The van der Waals surface area contributed by atoms with E-state index in [0.717, 1.165) is 5.56 Å². The van der Waals surface area contributed by atoms with Gasteiger partial charge >= 0.3 is 0 Å². The molecule has 0 aliphatic rings. The molecule has 0 saturated heterocycles. The van der Waals surface area contributed by atoms with Crippen LogP contribution in [-0.2, 0) is 0 Å². The lowest BCUT2D eigenvalue weighted by Gasteiger charge is -2.19. The van der Waals surface area contributed by atoms with Crippen molar-refractivity contribution in [1.29, 1.82) is 0 Å². The molecular formula is C15H12Cl2N2OS. The molecule has 2 aromatic rings. The topological polar surface area (TPSA) is 46.3 Å². The van der Waals surface area contributed by atoms with E-state index < -0.39 is 0 Å². The first-order valence-corrected chi connectivity index (χ1v) is 7.20. The second-order valence-corrected chi connectivity index (χ2v) is 5.63. The normalized spacial score (nSPS) is 10.2. The number of carbonyl (C=O) groups is 1. The van der Waals surface area contributed by atoms with E-state index in [2.05, 4.69) is 0 Å². The van der Waals surface area contributed by atoms with Crippen LogP contribution in [0.2, 0.25) is 10.0 Å². The zero-order chi connectivity index (χ0) is 15.6. The Balaban J connectivity index is 2.33. The molecule has 0 aliphatic heterocycles. The van der Waals surface area contributed by atoms with E-state index in [4.69, 9.17) is 41.2 Å². The average Bonchev–Trinajstić information content (AvgIpc) is 2.46. The molecule has 2 rings (SSSR count). The molecule has 0 aromatic heterocycles. The van der Waals surface area contributed by atoms with Crippen molar-refractivity contribution >= 4 is 52.0 Å². The van der Waals surface area contributed by atoms with E-state index in [1.54, 1.807) is 49.5 Å². The lowest BCUT2D eigenvalue weighted by Crippen LogP contribution is -2.27. The predicted molar refractivity (Wildman–Crippen MR) is 91.5 cm³/mol. The summed E-state index contributed by atoms with van der Waals surface area (Å²) < 4.78 is 0. The van der Waals surface area contributed by atoms with Crippen molar-refractivity contribution in [1.82, 2.24) is 0 Å². The van der Waals surface area contributed by atoms with E-state index in [-0.39, 0.29) is 11.5 Å². The van der Waals surface area contributed by atoms with Gasteiger partial charge in [-0.25, -0.2) is 0 Å². The van der Waals surface area contributed by atoms with Gasteiger partial charge < -0.3 is 10.6 Å². The van der Waals surface area contributed by atoms with E-state index in [1.165, 1.54) is 4.90 Å². The van der Waals surface area contributed by atoms with Gasteiger partial charge in [-0.1, -0.05) is 41.5 Å². The predicted octanol–water partition coefficient (Wildman–Crippen LogP) is 3.90. The van der Waals surface area contributed by atoms with Gasteiger partial charge in [0.15, 0.2) is 0 Å². The number of hydrogen-bond acceptors (Lipinski definition) is 2. The van der Waals surface area contributed by atoms with Crippen molar-refractivity contribution in [3.05, 3.63) is 63.6 Å². The molecule has 2 N–H and O–H groups in total. The van der Waals surface area contributed by atoms with Crippen molar-refractivity contribution < 1.29 is 4.79 Å². The number of carbonyl (C=O) groups excluding carboxylic acids is 1. The molecule has 0 unspecified atom stereocenters. The Kier molecular flexibility index (Phi) is 4.83. The SMILES string of the molecule is CN(C(=O)c1c(Cl)cccc1Cl)c1ccc(C(N)=S)cc1. The van der Waals surface area contributed by atoms with Crippen LogP contribution in [0.15, 0.2) is 42.5 Å². The molecule has 2 aromatic carbocycles. The summed E-state index contributed by atoms with van der Waals surface area (Å²) in [6.07, 6.45) is 0. The van der Waals surface area contributed by atoms with Crippen LogP contribution >= 0.6 is 35.4 Å². The van der Waals surface area contributed by atoms with Gasteiger partial charge in [-0.15, -0.1) is 0 Å². The number of nitrogens with two attached hydrogens (primary N) is 1. The van der Waals surface area contributed by atoms with Gasteiger partial charge in [-0.05, 0) is 36.4 Å². The van der Waals surface area contributed by atoms with Crippen LogP contribution in [0.1, 0.15) is 15.9 Å². The van der Waals surface area contributed by atoms with Crippen molar-refractivity contribution in [2.24, 2.45) is 5.73 Å². The van der Waals surface area contributed by atoms with Crippen molar-refractivity contribution in [3.8, 4) is 0 Å². The first kappa shape index (κ1) is 15.8. The lowest BCUT2D eigenvalue weighted by molar-refractivity contribution is 0.0993. The van der Waals surface area contributed by atoms with Crippen LogP contribution in [-0.4, -0.2) is 17.9 Å². The highest BCUT2D eigenvalue weighted by Gasteiger charge is 2.19. The van der Waals surface area contributed by atoms with Gasteiger partial charge in [0.1, 0.15) is 4.99 Å². The molecule has 0 heterocycles. The number of halogens is 2. The Bertz CT molecular complexity index is 681. The molecule has 0 atom stereocenters. The van der Waals surface area contributed by atoms with Gasteiger partial charge in [-0.3, -0.25) is 4.79 Å². The molecule has 6 heteroatoms. The highest BCUT2D eigenvalue weighted by atomic mass is 35.5. The molecule has 0 fully saturated rings. The minimum absolute atomic E-state index is 0.279. The van der Waals surface area contributed by atoms with E-state index >= 15 is 0 Å². The zero-order valence-electron chi connectivity index (χ0n) is 11.1. The highest BCUT2D eigenvalue weighted by Crippen LogP contribution is 2.27. The van der Waals surface area contributed by atoms with Gasteiger partial charge in [0.2, 0.25) is 0 Å². The summed E-state index contributed by atoms with van der Waals surface area (Å²) in [5.41, 5.74) is 7.26. The minimum atomic E-state index is -0.284. The van der Waals surface area contributed by atoms with Gasteiger partial charge in [0, 0.05) is 18.3 Å². The van der Waals surface area contributed by atoms with Crippen LogP contribution in [0.5, 0.6) is 0 Å². The van der Waals surface area contributed by atoms with Crippen LogP contribution in [0.25, 0.3) is 0 Å². The number of nitrogens with zero attached hydrogens (tertiary/aromatic N) is 1. The maximum atomic E-state index is 12.5. The second kappa shape index (κ2) is 6.43. The van der Waals surface area contributed by atoms with E-state index in [9.17, 15) is 4.79 Å². The number of thiocarbonyl (C=S) groups is 1. The summed E-state index contributed by atoms with van der Waals surface area (Å²) in [7, 11) is 1.65. The molecule has 21 heavy (non-hydrogen) atoms. The monoisotopic (exact) mass is 338 g/mol. The summed E-state index contributed by atoms with van der Waals surface area (Å²) in [5.74, 6) is -0.284. The quantitative estimate of drug-likeness (QED) is 0.863. The lowest BCUT2D eigenvalue weighted by atomic mass is 10.1. The van der Waals surface area contributed by atoms with Crippen molar-refractivity contribution in [2.45, 2.75) is 0 Å². The third-order valence-electron chi connectivity index (χ3n) is 3.02. The average molecular weight is 339 g/mol. The fraction of sp³-hybridized carbons (Fsp3) is 0.0667. The third kappa shape index (κ3) is 3.35. The Labute approximate surface area is 138 Å². The molecule has 0 bridgehead atoms. The molecule has 0 saturated carbocycles. The summed E-state index contributed by atoms with van der Waals surface area (Å²) in [5, 5.41) is 0.637. The molecular weight excluding hydrogens is 327 g/mol. The third-order valence-corrected chi connectivity index (χ3v) is 3.89. The summed E-state index contributed by atoms with van der Waals surface area (Å²) in [6.45, 7) is 0. The Morgan fingerprint density at radius 1 is 1.10 bits per heavy atom. The zero-order valence-corrected chi connectivity index (χ0v) is 13.5. The second-order valence-electron chi connectivity index (χ2n) is 4.37. The molecule has 3 nitrogen and oxygen atoms in total. The smallest absolute Gasteiger partial charge is 0.261 e. The Hall–Kier alpha value is -1.62. The molecule has 108 valence electrons. The fourth-order valence-electron chi connectivity index (χ4n) is 1.84. The van der Waals surface area contributed by atoms with Gasteiger partial charge in [-0.2, -0.15) is 0 Å². The summed E-state index contributed by atoms with van der Waals surface area (Å²) in [6, 6.07) is 12.0. The molecule has 1 amide bonds. The number of hydrogen-bond donors (Lipinski definition) is 1. The number of amides is 1. The van der Waals surface area contributed by atoms with Gasteiger partial charge in [0.25, 0.3) is 5.91 Å². The fourth-order valence-corrected chi connectivity index (χ4v) is 2.53. The summed E-state index contributed by atoms with van der Waals surface area (Å²) >= 11 is 17.0. The van der Waals surface area contributed by atoms with E-state index in [1.807, 2.05) is 0 Å². The first-order valence-electron chi connectivity index (χ1n) is 6.03. The summed E-state index contributed by atoms with van der Waals surface area (Å²) in [4.78, 5) is 14.3. The highest BCUT2D eigenvalue weighted by molar-refractivity contribution is 7.80. The van der Waals surface area contributed by atoms with Crippen molar-refractivity contribution in [2.75, 3.05) is 11.9 Å². The van der Waals surface area contributed by atoms with Crippen LogP contribution in [0.3, 0.4) is 0 Å². The van der Waals surface area contributed by atoms with Gasteiger partial charge in [0.05, 0.1) is 15.6 Å². The maximum Gasteiger partial charge on any atom is 0.261 e. The minimum Gasteiger partial charge on any atom is -0.389 e. The maximum absolute atomic E-state index is 12.5. The standard InChI is InChI=1S/C15H12Cl2N2OS/c1-19(10-7-5-9(6-8-10)14(18)21)15(20)13-11(16)3-2-4-12(13)17/h2-8H,1H3,(H2,18,21). The molecule has 0 spiro atoms. The number of rotatable bonds is 3. The number of anilines is 1. The van der Waals surface area contributed by atoms with Crippen LogP contribution < -0.4 is 10.6 Å². The van der Waals surface area contributed by atoms with Crippen LogP contribution in [0, 0.1) is 0 Å².